The van der Waals surface area contributed by atoms with Crippen molar-refractivity contribution in [3.05, 3.63) is 11.7 Å². The molecule has 116 valence electrons. The molecule has 0 aromatic carbocycles. The number of fused-ring (bicyclic) bond motifs is 2. The van der Waals surface area contributed by atoms with Crippen LogP contribution in [0.5, 0.6) is 0 Å². The van der Waals surface area contributed by atoms with E-state index in [-0.39, 0.29) is 5.60 Å². The maximum atomic E-state index is 5.90. The van der Waals surface area contributed by atoms with E-state index in [9.17, 15) is 0 Å². The molecule has 1 N–H and O–H groups in total. The third-order valence-electron chi connectivity index (χ3n) is 5.44. The molecule has 1 aromatic heterocycles. The molecule has 0 spiro atoms. The second-order valence-corrected chi connectivity index (χ2v) is 7.23. The second-order valence-electron chi connectivity index (χ2n) is 7.23. The molecular weight excluding hydrogens is 266 g/mol. The molecule has 3 saturated heterocycles. The first-order valence-corrected chi connectivity index (χ1v) is 8.44. The smallest absolute Gasteiger partial charge is 0.227 e. The zero-order valence-corrected chi connectivity index (χ0v) is 12.8. The molecule has 3 aliphatic rings. The maximum absolute atomic E-state index is 5.90. The fourth-order valence-electron chi connectivity index (χ4n) is 4.25. The van der Waals surface area contributed by atoms with Crippen LogP contribution >= 0.6 is 0 Å². The van der Waals surface area contributed by atoms with Gasteiger partial charge in [-0.25, -0.2) is 0 Å². The molecule has 4 rings (SSSR count). The summed E-state index contributed by atoms with van der Waals surface area (Å²) in [4.78, 5) is 4.65. The van der Waals surface area contributed by atoms with Crippen molar-refractivity contribution in [2.24, 2.45) is 5.92 Å². The highest BCUT2D eigenvalue weighted by Gasteiger charge is 2.37. The number of rotatable bonds is 3. The van der Waals surface area contributed by atoms with Gasteiger partial charge in [0.05, 0.1) is 0 Å². The van der Waals surface area contributed by atoms with E-state index in [4.69, 9.17) is 9.26 Å². The Kier molecular flexibility index (Phi) is 3.50. The molecule has 1 aromatic rings. The highest BCUT2D eigenvalue weighted by molar-refractivity contribution is 5.02. The van der Waals surface area contributed by atoms with E-state index in [0.29, 0.717) is 5.92 Å². The van der Waals surface area contributed by atoms with Gasteiger partial charge in [-0.15, -0.1) is 0 Å². The van der Waals surface area contributed by atoms with Gasteiger partial charge < -0.3 is 14.6 Å². The summed E-state index contributed by atoms with van der Waals surface area (Å²) >= 11 is 0. The number of piperidine rings is 1. The fraction of sp³-hybridized carbons (Fsp3) is 0.875. The molecule has 3 atom stereocenters. The third kappa shape index (κ3) is 2.73. The summed E-state index contributed by atoms with van der Waals surface area (Å²) in [5.41, 5.74) is -0.340. The van der Waals surface area contributed by atoms with Gasteiger partial charge in [0, 0.05) is 25.1 Å². The quantitative estimate of drug-likeness (QED) is 0.927. The number of ether oxygens (including phenoxy) is 1. The van der Waals surface area contributed by atoms with Gasteiger partial charge in [0.1, 0.15) is 5.60 Å². The third-order valence-corrected chi connectivity index (χ3v) is 5.44. The minimum atomic E-state index is -0.340. The summed E-state index contributed by atoms with van der Waals surface area (Å²) in [6.45, 7) is 2.89. The topological polar surface area (TPSA) is 60.2 Å². The minimum Gasteiger partial charge on any atom is -0.367 e. The first-order chi connectivity index (χ1) is 10.2. The number of nitrogens with zero attached hydrogens (tertiary/aromatic N) is 2. The Bertz CT molecular complexity index is 483. The summed E-state index contributed by atoms with van der Waals surface area (Å²) in [5.74, 6) is 2.23. The first-order valence-electron chi connectivity index (χ1n) is 8.44. The average molecular weight is 291 g/mol. The van der Waals surface area contributed by atoms with Gasteiger partial charge in [-0.3, -0.25) is 0 Å². The van der Waals surface area contributed by atoms with Gasteiger partial charge in [-0.2, -0.15) is 4.98 Å². The summed E-state index contributed by atoms with van der Waals surface area (Å²) in [5, 5.41) is 7.89. The number of aromatic nitrogens is 2. The summed E-state index contributed by atoms with van der Waals surface area (Å²) in [6, 6.07) is 1.44. The predicted octanol–water partition coefficient (Wildman–Crippen LogP) is 2.56. The van der Waals surface area contributed by atoms with Crippen molar-refractivity contribution in [2.45, 2.75) is 76.0 Å². The van der Waals surface area contributed by atoms with Gasteiger partial charge in [0.15, 0.2) is 0 Å². The largest absolute Gasteiger partial charge is 0.367 e. The molecule has 3 fully saturated rings. The summed E-state index contributed by atoms with van der Waals surface area (Å²) in [7, 11) is 0. The minimum absolute atomic E-state index is 0.340. The molecule has 0 radical (unpaired) electrons. The van der Waals surface area contributed by atoms with Crippen molar-refractivity contribution in [3.63, 3.8) is 0 Å². The summed E-state index contributed by atoms with van der Waals surface area (Å²) in [6.07, 6.45) is 9.41. The van der Waals surface area contributed by atoms with Crippen molar-refractivity contribution in [2.75, 3.05) is 6.61 Å². The molecule has 5 heteroatoms. The van der Waals surface area contributed by atoms with Crippen LogP contribution in [0.2, 0.25) is 0 Å². The lowest BCUT2D eigenvalue weighted by Crippen LogP contribution is -2.38. The molecule has 3 unspecified atom stereocenters. The van der Waals surface area contributed by atoms with E-state index < -0.39 is 0 Å². The molecule has 4 heterocycles. The lowest BCUT2D eigenvalue weighted by molar-refractivity contribution is -0.0770. The lowest BCUT2D eigenvalue weighted by atomic mass is 9.89. The highest BCUT2D eigenvalue weighted by Crippen LogP contribution is 2.35. The summed E-state index contributed by atoms with van der Waals surface area (Å²) < 4.78 is 11.4. The zero-order chi connectivity index (χ0) is 14.3. The van der Waals surface area contributed by atoms with E-state index in [0.717, 1.165) is 49.7 Å². The molecule has 2 bridgehead atoms. The van der Waals surface area contributed by atoms with Gasteiger partial charge in [-0.05, 0) is 57.8 Å². The molecular formula is C16H25N3O2. The lowest BCUT2D eigenvalue weighted by Gasteiger charge is -2.30. The van der Waals surface area contributed by atoms with E-state index in [1.54, 1.807) is 0 Å². The molecule has 5 nitrogen and oxygen atoms in total. The van der Waals surface area contributed by atoms with Crippen LogP contribution in [-0.2, 0) is 16.8 Å². The molecule has 0 amide bonds. The van der Waals surface area contributed by atoms with Gasteiger partial charge in [-0.1, -0.05) is 5.16 Å². The van der Waals surface area contributed by atoms with Crippen molar-refractivity contribution in [1.82, 2.24) is 15.5 Å². The molecule has 0 saturated carbocycles. The first kappa shape index (κ1) is 13.7. The van der Waals surface area contributed by atoms with Gasteiger partial charge >= 0.3 is 0 Å². The van der Waals surface area contributed by atoms with Crippen LogP contribution in [0.25, 0.3) is 0 Å². The van der Waals surface area contributed by atoms with Crippen LogP contribution in [0.15, 0.2) is 4.52 Å². The predicted molar refractivity (Wildman–Crippen MR) is 77.8 cm³/mol. The van der Waals surface area contributed by atoms with E-state index in [2.05, 4.69) is 22.4 Å². The zero-order valence-electron chi connectivity index (χ0n) is 12.8. The molecule has 0 aliphatic carbocycles. The Balaban J connectivity index is 1.42. The molecule has 21 heavy (non-hydrogen) atoms. The van der Waals surface area contributed by atoms with E-state index in [1.807, 2.05) is 0 Å². The highest BCUT2D eigenvalue weighted by atomic mass is 16.5. The number of hydrogen-bond acceptors (Lipinski definition) is 5. The standard InChI is InChI=1S/C16H25N3O2/c1-16(6-2-3-7-20-16)15-18-14(21-19-15)10-11-8-12-4-5-13(9-11)17-12/h11-13,17H,2-10H2,1H3. The van der Waals surface area contributed by atoms with Crippen LogP contribution in [0.3, 0.4) is 0 Å². The molecule has 3 aliphatic heterocycles. The average Bonchev–Trinajstić information content (AvgIpc) is 3.07. The Morgan fingerprint density at radius 1 is 1.24 bits per heavy atom. The van der Waals surface area contributed by atoms with Crippen LogP contribution in [0.1, 0.15) is 63.6 Å². The Morgan fingerprint density at radius 3 is 2.76 bits per heavy atom. The Morgan fingerprint density at radius 2 is 2.05 bits per heavy atom. The number of hydrogen-bond donors (Lipinski definition) is 1. The fourth-order valence-corrected chi connectivity index (χ4v) is 4.25. The maximum Gasteiger partial charge on any atom is 0.227 e. The van der Waals surface area contributed by atoms with Crippen LogP contribution in [0, 0.1) is 5.92 Å². The van der Waals surface area contributed by atoms with Crippen molar-refractivity contribution < 1.29 is 9.26 Å². The number of nitrogens with one attached hydrogen (secondary N) is 1. The van der Waals surface area contributed by atoms with E-state index >= 15 is 0 Å². The van der Waals surface area contributed by atoms with Gasteiger partial charge in [0.2, 0.25) is 11.7 Å². The van der Waals surface area contributed by atoms with Crippen molar-refractivity contribution >= 4 is 0 Å². The normalized spacial score (nSPS) is 39.6. The van der Waals surface area contributed by atoms with Crippen LogP contribution in [-0.4, -0.2) is 28.8 Å². The monoisotopic (exact) mass is 291 g/mol. The van der Waals surface area contributed by atoms with Crippen molar-refractivity contribution in [3.8, 4) is 0 Å². The Labute approximate surface area is 125 Å². The van der Waals surface area contributed by atoms with E-state index in [1.165, 1.54) is 32.1 Å². The van der Waals surface area contributed by atoms with Crippen LogP contribution in [0.4, 0.5) is 0 Å². The Hall–Kier alpha value is -0.940. The second kappa shape index (κ2) is 5.36. The van der Waals surface area contributed by atoms with Gasteiger partial charge in [0.25, 0.3) is 0 Å². The SMILES string of the molecule is CC1(c2noc(CC3CC4CCC(C3)N4)n2)CCCCO1. The van der Waals surface area contributed by atoms with Crippen molar-refractivity contribution in [1.29, 1.82) is 0 Å². The van der Waals surface area contributed by atoms with Crippen LogP contribution < -0.4 is 5.32 Å².